The summed E-state index contributed by atoms with van der Waals surface area (Å²) in [7, 11) is 0. The van der Waals surface area contributed by atoms with Gasteiger partial charge in [0.15, 0.2) is 5.82 Å². The predicted octanol–water partition coefficient (Wildman–Crippen LogP) is -0.693. The lowest BCUT2D eigenvalue weighted by Crippen LogP contribution is -2.42. The molecule has 1 unspecified atom stereocenters. The third-order valence-electron chi connectivity index (χ3n) is 2.41. The van der Waals surface area contributed by atoms with Gasteiger partial charge in [-0.05, 0) is 6.92 Å². The van der Waals surface area contributed by atoms with Crippen molar-refractivity contribution in [2.45, 2.75) is 25.9 Å². The van der Waals surface area contributed by atoms with Crippen molar-refractivity contribution in [1.29, 1.82) is 0 Å². The van der Waals surface area contributed by atoms with Crippen molar-refractivity contribution in [3.8, 4) is 0 Å². The molecule has 1 aromatic heterocycles. The first-order valence-electron chi connectivity index (χ1n) is 5.00. The van der Waals surface area contributed by atoms with Crippen LogP contribution in [0.5, 0.6) is 0 Å². The van der Waals surface area contributed by atoms with Crippen molar-refractivity contribution in [3.63, 3.8) is 0 Å². The van der Waals surface area contributed by atoms with E-state index in [1.807, 2.05) is 0 Å². The van der Waals surface area contributed by atoms with E-state index in [1.165, 1.54) is 6.39 Å². The first-order valence-corrected chi connectivity index (χ1v) is 5.00. The van der Waals surface area contributed by atoms with E-state index in [4.69, 9.17) is 0 Å². The lowest BCUT2D eigenvalue weighted by atomic mass is 10.3. The third kappa shape index (κ3) is 2.18. The number of nitrogens with zero attached hydrogens (tertiary/aromatic N) is 3. The maximum Gasteiger partial charge on any atom is 0.245 e. The number of hydrogen-bond donors (Lipinski definition) is 1. The predicted molar refractivity (Wildman–Crippen MR) is 51.9 cm³/mol. The summed E-state index contributed by atoms with van der Waals surface area (Å²) in [5.74, 6) is 0.196. The fraction of sp³-hybridized carbons (Fsp3) is 0.556. The molecule has 86 valence electrons. The first-order chi connectivity index (χ1) is 7.66. The molecule has 16 heavy (non-hydrogen) atoms. The van der Waals surface area contributed by atoms with Gasteiger partial charge in [0.25, 0.3) is 0 Å². The lowest BCUT2D eigenvalue weighted by Gasteiger charge is -2.20. The minimum absolute atomic E-state index is 0.114. The van der Waals surface area contributed by atoms with Gasteiger partial charge in [-0.25, -0.2) is 0 Å². The Kier molecular flexibility index (Phi) is 2.84. The summed E-state index contributed by atoms with van der Waals surface area (Å²) >= 11 is 0. The molecule has 2 amide bonds. The molecule has 1 aliphatic heterocycles. The van der Waals surface area contributed by atoms with Crippen LogP contribution in [0.2, 0.25) is 0 Å². The SMILES string of the molecule is CC1NC(=O)CCN(Cc2ncon2)C1=O. The second-order valence-electron chi connectivity index (χ2n) is 3.65. The first kappa shape index (κ1) is 10.6. The average molecular weight is 224 g/mol. The van der Waals surface area contributed by atoms with Gasteiger partial charge < -0.3 is 14.7 Å². The largest absolute Gasteiger partial charge is 0.345 e. The number of rotatable bonds is 2. The molecule has 0 radical (unpaired) electrons. The van der Waals surface area contributed by atoms with Gasteiger partial charge in [-0.2, -0.15) is 4.98 Å². The zero-order chi connectivity index (χ0) is 11.5. The molecule has 1 fully saturated rings. The quantitative estimate of drug-likeness (QED) is 0.718. The fourth-order valence-corrected chi connectivity index (χ4v) is 1.59. The van der Waals surface area contributed by atoms with Crippen LogP contribution >= 0.6 is 0 Å². The number of carbonyl (C=O) groups is 2. The van der Waals surface area contributed by atoms with Gasteiger partial charge >= 0.3 is 0 Å². The standard InChI is InChI=1S/C9H12N4O3/c1-6-9(15)13(3-2-8(14)11-6)4-7-10-5-16-12-7/h5-6H,2-4H2,1H3,(H,11,14). The van der Waals surface area contributed by atoms with E-state index < -0.39 is 6.04 Å². The molecule has 1 aliphatic rings. The fourth-order valence-electron chi connectivity index (χ4n) is 1.59. The molecule has 7 nitrogen and oxygen atoms in total. The van der Waals surface area contributed by atoms with Gasteiger partial charge in [-0.15, -0.1) is 0 Å². The molecular weight excluding hydrogens is 212 g/mol. The third-order valence-corrected chi connectivity index (χ3v) is 2.41. The van der Waals surface area contributed by atoms with Gasteiger partial charge in [-0.1, -0.05) is 5.16 Å². The average Bonchev–Trinajstić information content (AvgIpc) is 2.71. The van der Waals surface area contributed by atoms with Crippen LogP contribution in [0.3, 0.4) is 0 Å². The number of hydrogen-bond acceptors (Lipinski definition) is 5. The molecule has 1 aromatic rings. The van der Waals surface area contributed by atoms with Crippen LogP contribution in [0.25, 0.3) is 0 Å². The van der Waals surface area contributed by atoms with E-state index in [0.717, 1.165) is 0 Å². The zero-order valence-electron chi connectivity index (χ0n) is 8.84. The van der Waals surface area contributed by atoms with E-state index in [1.54, 1.807) is 11.8 Å². The highest BCUT2D eigenvalue weighted by Crippen LogP contribution is 2.06. The highest BCUT2D eigenvalue weighted by molar-refractivity contribution is 5.89. The minimum atomic E-state index is -0.498. The zero-order valence-corrected chi connectivity index (χ0v) is 8.84. The smallest absolute Gasteiger partial charge is 0.245 e. The highest BCUT2D eigenvalue weighted by atomic mass is 16.5. The molecule has 2 rings (SSSR count). The van der Waals surface area contributed by atoms with E-state index in [2.05, 4.69) is 20.0 Å². The van der Waals surface area contributed by atoms with Crippen molar-refractivity contribution in [2.75, 3.05) is 6.54 Å². The van der Waals surface area contributed by atoms with Crippen molar-refractivity contribution in [1.82, 2.24) is 20.4 Å². The topological polar surface area (TPSA) is 88.3 Å². The monoisotopic (exact) mass is 224 g/mol. The Hall–Kier alpha value is -1.92. The molecule has 0 aromatic carbocycles. The normalized spacial score (nSPS) is 21.8. The van der Waals surface area contributed by atoms with Crippen molar-refractivity contribution < 1.29 is 14.1 Å². The second kappa shape index (κ2) is 4.30. The van der Waals surface area contributed by atoms with E-state index in [-0.39, 0.29) is 18.4 Å². The Bertz CT molecular complexity index is 389. The van der Waals surface area contributed by atoms with Gasteiger partial charge in [0.2, 0.25) is 18.2 Å². The Labute approximate surface area is 91.8 Å². The van der Waals surface area contributed by atoms with E-state index >= 15 is 0 Å². The molecule has 0 spiro atoms. The molecule has 0 aliphatic carbocycles. The molecule has 1 saturated heterocycles. The number of nitrogens with one attached hydrogen (secondary N) is 1. The van der Waals surface area contributed by atoms with Crippen LogP contribution in [-0.2, 0) is 16.1 Å². The molecule has 1 atom stereocenters. The van der Waals surface area contributed by atoms with E-state index in [9.17, 15) is 9.59 Å². The Morgan fingerprint density at radius 2 is 2.44 bits per heavy atom. The molecule has 1 N–H and O–H groups in total. The molecule has 0 bridgehead atoms. The Balaban J connectivity index is 2.08. The minimum Gasteiger partial charge on any atom is -0.345 e. The molecular formula is C9H12N4O3. The maximum absolute atomic E-state index is 11.8. The number of aromatic nitrogens is 2. The van der Waals surface area contributed by atoms with Crippen LogP contribution in [0.1, 0.15) is 19.2 Å². The summed E-state index contributed by atoms with van der Waals surface area (Å²) in [6.45, 7) is 2.31. The van der Waals surface area contributed by atoms with Gasteiger partial charge in [0.05, 0.1) is 6.54 Å². The van der Waals surface area contributed by atoms with Gasteiger partial charge in [0, 0.05) is 13.0 Å². The van der Waals surface area contributed by atoms with Crippen LogP contribution in [0, 0.1) is 0 Å². The summed E-state index contributed by atoms with van der Waals surface area (Å²) < 4.78 is 4.59. The molecule has 2 heterocycles. The summed E-state index contributed by atoms with van der Waals surface area (Å²) in [6.07, 6.45) is 1.51. The van der Waals surface area contributed by atoms with Crippen LogP contribution in [-0.4, -0.2) is 39.4 Å². The summed E-state index contributed by atoms with van der Waals surface area (Å²) in [6, 6.07) is -0.498. The number of carbonyl (C=O) groups excluding carboxylic acids is 2. The van der Waals surface area contributed by atoms with Crippen LogP contribution < -0.4 is 5.32 Å². The van der Waals surface area contributed by atoms with Crippen molar-refractivity contribution >= 4 is 11.8 Å². The Morgan fingerprint density at radius 1 is 1.62 bits per heavy atom. The van der Waals surface area contributed by atoms with Crippen LogP contribution in [0.4, 0.5) is 0 Å². The van der Waals surface area contributed by atoms with Gasteiger partial charge in [0.1, 0.15) is 6.04 Å². The van der Waals surface area contributed by atoms with Crippen molar-refractivity contribution in [2.24, 2.45) is 0 Å². The lowest BCUT2D eigenvalue weighted by molar-refractivity contribution is -0.133. The van der Waals surface area contributed by atoms with Gasteiger partial charge in [-0.3, -0.25) is 9.59 Å². The molecule has 0 saturated carbocycles. The van der Waals surface area contributed by atoms with Crippen LogP contribution in [0.15, 0.2) is 10.9 Å². The van der Waals surface area contributed by atoms with Crippen molar-refractivity contribution in [3.05, 3.63) is 12.2 Å². The summed E-state index contributed by atoms with van der Waals surface area (Å²) in [5.41, 5.74) is 0. The summed E-state index contributed by atoms with van der Waals surface area (Å²) in [5, 5.41) is 6.24. The van der Waals surface area contributed by atoms with E-state index in [0.29, 0.717) is 18.8 Å². The molecule has 7 heteroatoms. The number of amides is 2. The second-order valence-corrected chi connectivity index (χ2v) is 3.65. The Morgan fingerprint density at radius 3 is 3.12 bits per heavy atom. The maximum atomic E-state index is 11.8. The highest BCUT2D eigenvalue weighted by Gasteiger charge is 2.27. The summed E-state index contributed by atoms with van der Waals surface area (Å²) in [4.78, 5) is 28.5.